The molecule has 0 spiro atoms. The molecule has 0 aliphatic rings. The van der Waals surface area contributed by atoms with Gasteiger partial charge in [0.25, 0.3) is 0 Å². The Labute approximate surface area is 90.0 Å². The minimum absolute atomic E-state index is 0.00231. The van der Waals surface area contributed by atoms with Crippen LogP contribution < -0.4 is 0 Å². The highest BCUT2D eigenvalue weighted by atomic mass is 16.5. The minimum Gasteiger partial charge on any atom is -0.466 e. The van der Waals surface area contributed by atoms with E-state index < -0.39 is 5.92 Å². The Balaban J connectivity index is 4.15. The summed E-state index contributed by atoms with van der Waals surface area (Å²) in [5.41, 5.74) is 0. The van der Waals surface area contributed by atoms with E-state index in [4.69, 9.17) is 9.94 Å². The minimum atomic E-state index is -0.430. The highest BCUT2D eigenvalue weighted by Crippen LogP contribution is 2.11. The van der Waals surface area contributed by atoms with Crippen LogP contribution >= 0.6 is 0 Å². The molecule has 0 rings (SSSR count). The summed E-state index contributed by atoms with van der Waals surface area (Å²) in [4.78, 5) is 21.6. The Morgan fingerprint density at radius 2 is 2.20 bits per heavy atom. The highest BCUT2D eigenvalue weighted by molar-refractivity contribution is 5.72. The summed E-state index contributed by atoms with van der Waals surface area (Å²) in [6.07, 6.45) is 2.75. The van der Waals surface area contributed by atoms with E-state index in [1.165, 1.54) is 0 Å². The average molecular weight is 217 g/mol. The van der Waals surface area contributed by atoms with E-state index in [1.54, 1.807) is 6.92 Å². The lowest BCUT2D eigenvalue weighted by Crippen LogP contribution is -2.31. The zero-order valence-corrected chi connectivity index (χ0v) is 9.31. The fourth-order valence-electron chi connectivity index (χ4n) is 1.26. The van der Waals surface area contributed by atoms with Crippen molar-refractivity contribution in [2.75, 3.05) is 13.2 Å². The number of rotatable bonds is 8. The molecule has 88 valence electrons. The van der Waals surface area contributed by atoms with Gasteiger partial charge in [0.05, 0.1) is 19.1 Å². The van der Waals surface area contributed by atoms with Crippen LogP contribution in [0.2, 0.25) is 0 Å². The Morgan fingerprint density at radius 1 is 1.53 bits per heavy atom. The van der Waals surface area contributed by atoms with Crippen molar-refractivity contribution in [2.45, 2.75) is 33.1 Å². The maximum Gasteiger partial charge on any atom is 0.310 e. The first kappa shape index (κ1) is 13.9. The molecule has 0 radical (unpaired) electrons. The van der Waals surface area contributed by atoms with Crippen LogP contribution in [0.15, 0.2) is 0 Å². The lowest BCUT2D eigenvalue weighted by Gasteiger charge is -2.17. The monoisotopic (exact) mass is 217 g/mol. The van der Waals surface area contributed by atoms with E-state index in [-0.39, 0.29) is 18.9 Å². The van der Waals surface area contributed by atoms with E-state index >= 15 is 0 Å². The van der Waals surface area contributed by atoms with Crippen molar-refractivity contribution in [3.8, 4) is 0 Å². The number of hydroxylamine groups is 2. The number of hydrogen-bond donors (Lipinski definition) is 1. The molecule has 0 fully saturated rings. The normalized spacial score (nSPS) is 11.9. The molecule has 1 N–H and O–H groups in total. The van der Waals surface area contributed by atoms with Gasteiger partial charge in [-0.05, 0) is 13.3 Å². The van der Waals surface area contributed by atoms with Crippen LogP contribution in [0.3, 0.4) is 0 Å². The van der Waals surface area contributed by atoms with Crippen LogP contribution in [0, 0.1) is 5.92 Å². The molecule has 1 atom stereocenters. The molecule has 0 saturated heterocycles. The first-order valence-electron chi connectivity index (χ1n) is 5.23. The van der Waals surface area contributed by atoms with Crippen molar-refractivity contribution in [2.24, 2.45) is 5.92 Å². The van der Waals surface area contributed by atoms with Crippen LogP contribution in [-0.4, -0.2) is 35.8 Å². The second-order valence-electron chi connectivity index (χ2n) is 3.32. The second-order valence-corrected chi connectivity index (χ2v) is 3.32. The fourth-order valence-corrected chi connectivity index (χ4v) is 1.26. The largest absolute Gasteiger partial charge is 0.466 e. The molecule has 0 aliphatic heterocycles. The second kappa shape index (κ2) is 8.23. The Morgan fingerprint density at radius 3 is 2.67 bits per heavy atom. The van der Waals surface area contributed by atoms with Gasteiger partial charge in [-0.15, -0.1) is 0 Å². The first-order valence-corrected chi connectivity index (χ1v) is 5.23. The first-order chi connectivity index (χ1) is 7.15. The van der Waals surface area contributed by atoms with Gasteiger partial charge in [-0.2, -0.15) is 0 Å². The average Bonchev–Trinajstić information content (AvgIpc) is 2.24. The topological polar surface area (TPSA) is 66.8 Å². The molecule has 0 aliphatic carbocycles. The van der Waals surface area contributed by atoms with Crippen molar-refractivity contribution in [3.63, 3.8) is 0 Å². The highest BCUT2D eigenvalue weighted by Gasteiger charge is 2.21. The van der Waals surface area contributed by atoms with Gasteiger partial charge in [-0.25, -0.2) is 5.06 Å². The molecule has 1 unspecified atom stereocenters. The standard InChI is InChI=1S/C10H19NO4/c1-3-5-6-9(7-11(14)8-12)10(13)15-4-2/h8-9,14H,3-7H2,1-2H3. The predicted octanol–water partition coefficient (Wildman–Crippen LogP) is 1.20. The van der Waals surface area contributed by atoms with E-state index in [2.05, 4.69) is 0 Å². The van der Waals surface area contributed by atoms with Crippen molar-refractivity contribution in [1.29, 1.82) is 0 Å². The van der Waals surface area contributed by atoms with Crippen LogP contribution in [0.25, 0.3) is 0 Å². The summed E-state index contributed by atoms with van der Waals surface area (Å²) >= 11 is 0. The van der Waals surface area contributed by atoms with Crippen molar-refractivity contribution in [3.05, 3.63) is 0 Å². The third-order valence-electron chi connectivity index (χ3n) is 2.06. The number of esters is 1. The molecule has 0 saturated carbocycles. The van der Waals surface area contributed by atoms with Gasteiger partial charge in [0, 0.05) is 0 Å². The third kappa shape index (κ3) is 6.06. The fraction of sp³-hybridized carbons (Fsp3) is 0.800. The van der Waals surface area contributed by atoms with E-state index in [0.717, 1.165) is 12.8 Å². The van der Waals surface area contributed by atoms with Gasteiger partial charge in [0.1, 0.15) is 0 Å². The molecular formula is C10H19NO4. The van der Waals surface area contributed by atoms with Crippen LogP contribution in [0.1, 0.15) is 33.1 Å². The lowest BCUT2D eigenvalue weighted by molar-refractivity contribution is -0.161. The summed E-state index contributed by atoms with van der Waals surface area (Å²) in [6, 6.07) is 0. The number of nitrogens with zero attached hydrogens (tertiary/aromatic N) is 1. The van der Waals surface area contributed by atoms with E-state index in [1.807, 2.05) is 6.92 Å². The molecule has 0 aromatic rings. The number of amides is 1. The lowest BCUT2D eigenvalue weighted by atomic mass is 10.0. The van der Waals surface area contributed by atoms with Gasteiger partial charge >= 0.3 is 5.97 Å². The SMILES string of the molecule is CCCCC(CN(O)C=O)C(=O)OCC. The smallest absolute Gasteiger partial charge is 0.310 e. The zero-order chi connectivity index (χ0) is 11.7. The number of ether oxygens (including phenoxy) is 1. The van der Waals surface area contributed by atoms with Gasteiger partial charge < -0.3 is 4.74 Å². The van der Waals surface area contributed by atoms with Crippen LogP contribution in [0.5, 0.6) is 0 Å². The van der Waals surface area contributed by atoms with E-state index in [9.17, 15) is 9.59 Å². The molecule has 0 heterocycles. The molecular weight excluding hydrogens is 198 g/mol. The molecule has 5 nitrogen and oxygen atoms in total. The number of unbranched alkanes of at least 4 members (excludes halogenated alkanes) is 1. The zero-order valence-electron chi connectivity index (χ0n) is 9.31. The molecule has 15 heavy (non-hydrogen) atoms. The Bertz CT molecular complexity index is 196. The van der Waals surface area contributed by atoms with Gasteiger partial charge in [0.15, 0.2) is 0 Å². The summed E-state index contributed by atoms with van der Waals surface area (Å²) < 4.78 is 4.85. The predicted molar refractivity (Wildman–Crippen MR) is 54.2 cm³/mol. The van der Waals surface area contributed by atoms with Crippen molar-refractivity contribution in [1.82, 2.24) is 5.06 Å². The van der Waals surface area contributed by atoms with Crippen molar-refractivity contribution >= 4 is 12.4 Å². The van der Waals surface area contributed by atoms with Crippen molar-refractivity contribution < 1.29 is 19.5 Å². The Hall–Kier alpha value is -1.10. The van der Waals surface area contributed by atoms with Gasteiger partial charge in [0.2, 0.25) is 6.41 Å². The van der Waals surface area contributed by atoms with Crippen LogP contribution in [0.4, 0.5) is 0 Å². The van der Waals surface area contributed by atoms with Gasteiger partial charge in [-0.1, -0.05) is 19.8 Å². The molecule has 0 bridgehead atoms. The quantitative estimate of drug-likeness (QED) is 0.287. The maximum atomic E-state index is 11.4. The summed E-state index contributed by atoms with van der Waals surface area (Å²) in [5.74, 6) is -0.785. The number of hydrogen-bond acceptors (Lipinski definition) is 4. The third-order valence-corrected chi connectivity index (χ3v) is 2.06. The number of carbonyl (C=O) groups is 2. The number of carbonyl (C=O) groups excluding carboxylic acids is 2. The Kier molecular flexibility index (Phi) is 7.62. The molecule has 0 aromatic carbocycles. The molecule has 5 heteroatoms. The summed E-state index contributed by atoms with van der Waals surface area (Å²) in [7, 11) is 0. The summed E-state index contributed by atoms with van der Waals surface area (Å²) in [6.45, 7) is 4.06. The van der Waals surface area contributed by atoms with Crippen LogP contribution in [-0.2, 0) is 14.3 Å². The maximum absolute atomic E-state index is 11.4. The molecule has 1 amide bonds. The molecule has 0 aromatic heterocycles. The van der Waals surface area contributed by atoms with Gasteiger partial charge in [-0.3, -0.25) is 14.8 Å². The van der Waals surface area contributed by atoms with E-state index in [0.29, 0.717) is 18.1 Å². The summed E-state index contributed by atoms with van der Waals surface area (Å²) in [5, 5.41) is 9.49.